The van der Waals surface area contributed by atoms with E-state index in [1.807, 2.05) is 18.2 Å². The molecule has 3 heteroatoms. The van der Waals surface area contributed by atoms with Crippen LogP contribution in [0.3, 0.4) is 0 Å². The van der Waals surface area contributed by atoms with Gasteiger partial charge in [-0.15, -0.1) is 28.9 Å². The first kappa shape index (κ1) is 10.8. The molecule has 1 aromatic carbocycles. The molecule has 0 radical (unpaired) electrons. The van der Waals surface area contributed by atoms with Crippen molar-refractivity contribution in [1.82, 2.24) is 0 Å². The summed E-state index contributed by atoms with van der Waals surface area (Å²) in [4.78, 5) is -0.188. The van der Waals surface area contributed by atoms with Crippen LogP contribution in [-0.4, -0.2) is 14.4 Å². The van der Waals surface area contributed by atoms with Gasteiger partial charge in [0.15, 0.2) is 0 Å². The maximum Gasteiger partial charge on any atom is 0.105 e. The standard InChI is InChI=1S/C10H12Cl2Si/c11-10(12)8-13-7-6-9-4-2-1-3-5-9/h1-7,10H,8,13H2. The Labute approximate surface area is 91.4 Å². The fourth-order valence-corrected chi connectivity index (χ4v) is 2.64. The molecular formula is C10H12Cl2Si. The van der Waals surface area contributed by atoms with Gasteiger partial charge in [0, 0.05) is 9.52 Å². The molecule has 1 aromatic rings. The highest BCUT2D eigenvalue weighted by Crippen LogP contribution is 2.07. The molecule has 0 heterocycles. The highest BCUT2D eigenvalue weighted by atomic mass is 35.5. The maximum absolute atomic E-state index is 5.63. The van der Waals surface area contributed by atoms with Crippen molar-refractivity contribution in [2.75, 3.05) is 0 Å². The number of hydrogen-bond acceptors (Lipinski definition) is 0. The molecule has 0 saturated heterocycles. The lowest BCUT2D eigenvalue weighted by Gasteiger charge is -1.94. The van der Waals surface area contributed by atoms with Gasteiger partial charge in [-0.3, -0.25) is 0 Å². The lowest BCUT2D eigenvalue weighted by Crippen LogP contribution is -1.91. The minimum absolute atomic E-state index is 0.188. The Morgan fingerprint density at radius 3 is 2.54 bits per heavy atom. The van der Waals surface area contributed by atoms with E-state index in [4.69, 9.17) is 23.2 Å². The van der Waals surface area contributed by atoms with Crippen LogP contribution in [0.1, 0.15) is 5.56 Å². The van der Waals surface area contributed by atoms with E-state index in [2.05, 4.69) is 23.9 Å². The van der Waals surface area contributed by atoms with Gasteiger partial charge in [-0.05, 0) is 11.6 Å². The van der Waals surface area contributed by atoms with E-state index in [9.17, 15) is 0 Å². The lowest BCUT2D eigenvalue weighted by molar-refractivity contribution is 1.36. The van der Waals surface area contributed by atoms with Gasteiger partial charge in [0.05, 0.1) is 0 Å². The van der Waals surface area contributed by atoms with Gasteiger partial charge in [-0.2, -0.15) is 0 Å². The molecule has 13 heavy (non-hydrogen) atoms. The zero-order chi connectivity index (χ0) is 9.52. The molecule has 0 spiro atoms. The van der Waals surface area contributed by atoms with Gasteiger partial charge in [-0.25, -0.2) is 0 Å². The SMILES string of the molecule is ClC(Cl)C[SiH2]C=Cc1ccccc1. The van der Waals surface area contributed by atoms with E-state index in [0.717, 1.165) is 6.04 Å². The summed E-state index contributed by atoms with van der Waals surface area (Å²) >= 11 is 11.3. The largest absolute Gasteiger partial charge is 0.106 e. The number of halogens is 2. The van der Waals surface area contributed by atoms with Crippen LogP contribution < -0.4 is 0 Å². The van der Waals surface area contributed by atoms with Crippen LogP contribution in [0.25, 0.3) is 6.08 Å². The highest BCUT2D eigenvalue weighted by molar-refractivity contribution is 6.52. The number of hydrogen-bond donors (Lipinski definition) is 0. The molecule has 0 nitrogen and oxygen atoms in total. The molecule has 0 fully saturated rings. The fourth-order valence-electron chi connectivity index (χ4n) is 1.01. The van der Waals surface area contributed by atoms with Crippen molar-refractivity contribution in [2.24, 2.45) is 0 Å². The van der Waals surface area contributed by atoms with Crippen molar-refractivity contribution >= 4 is 38.8 Å². The van der Waals surface area contributed by atoms with Gasteiger partial charge in [0.2, 0.25) is 0 Å². The molecule has 70 valence electrons. The average Bonchev–Trinajstić information content (AvgIpc) is 2.14. The van der Waals surface area contributed by atoms with Gasteiger partial charge >= 0.3 is 0 Å². The van der Waals surface area contributed by atoms with Gasteiger partial charge in [-0.1, -0.05) is 36.4 Å². The van der Waals surface area contributed by atoms with Crippen molar-refractivity contribution in [3.63, 3.8) is 0 Å². The van der Waals surface area contributed by atoms with Crippen molar-refractivity contribution in [1.29, 1.82) is 0 Å². The Kier molecular flexibility index (Phi) is 5.21. The lowest BCUT2D eigenvalue weighted by atomic mass is 10.2. The third-order valence-electron chi connectivity index (χ3n) is 1.66. The van der Waals surface area contributed by atoms with E-state index in [1.165, 1.54) is 5.56 Å². The van der Waals surface area contributed by atoms with E-state index in [1.54, 1.807) is 0 Å². The first-order valence-corrected chi connectivity index (χ1v) is 6.97. The predicted molar refractivity (Wildman–Crippen MR) is 64.3 cm³/mol. The monoisotopic (exact) mass is 230 g/mol. The normalized spacial score (nSPS) is 12.2. The zero-order valence-corrected chi connectivity index (χ0v) is 10.2. The average molecular weight is 231 g/mol. The first-order valence-electron chi connectivity index (χ1n) is 4.29. The van der Waals surface area contributed by atoms with E-state index < -0.39 is 0 Å². The van der Waals surface area contributed by atoms with E-state index in [-0.39, 0.29) is 14.4 Å². The molecule has 0 saturated carbocycles. The minimum Gasteiger partial charge on any atom is -0.106 e. The second-order valence-electron chi connectivity index (χ2n) is 2.78. The maximum atomic E-state index is 5.63. The highest BCUT2D eigenvalue weighted by Gasteiger charge is 1.94. The third-order valence-corrected chi connectivity index (χ3v) is 4.31. The first-order chi connectivity index (χ1) is 6.29. The number of alkyl halides is 2. The second kappa shape index (κ2) is 6.25. The van der Waals surface area contributed by atoms with E-state index >= 15 is 0 Å². The molecule has 0 aromatic heterocycles. The summed E-state index contributed by atoms with van der Waals surface area (Å²) in [5.41, 5.74) is 3.48. The smallest absolute Gasteiger partial charge is 0.105 e. The Bertz CT molecular complexity index is 257. The second-order valence-corrected chi connectivity index (χ2v) is 5.68. The summed E-state index contributed by atoms with van der Waals surface area (Å²) < 4.78 is 0. The quantitative estimate of drug-likeness (QED) is 0.552. The van der Waals surface area contributed by atoms with Crippen molar-refractivity contribution in [3.05, 3.63) is 41.6 Å². The van der Waals surface area contributed by atoms with Crippen LogP contribution in [0.5, 0.6) is 0 Å². The van der Waals surface area contributed by atoms with Crippen LogP contribution in [0.2, 0.25) is 6.04 Å². The van der Waals surface area contributed by atoms with Crippen LogP contribution in [-0.2, 0) is 0 Å². The van der Waals surface area contributed by atoms with Crippen molar-refractivity contribution in [3.8, 4) is 0 Å². The van der Waals surface area contributed by atoms with Crippen LogP contribution >= 0.6 is 23.2 Å². The molecule has 0 N–H and O–H groups in total. The van der Waals surface area contributed by atoms with Crippen LogP contribution in [0.4, 0.5) is 0 Å². The summed E-state index contributed by atoms with van der Waals surface area (Å²) in [5.74, 6) is 0. The van der Waals surface area contributed by atoms with Crippen molar-refractivity contribution < 1.29 is 0 Å². The molecule has 0 aliphatic heterocycles. The molecular weight excluding hydrogens is 219 g/mol. The van der Waals surface area contributed by atoms with E-state index in [0.29, 0.717) is 0 Å². The molecule has 0 atom stereocenters. The topological polar surface area (TPSA) is 0 Å². The number of benzene rings is 1. The van der Waals surface area contributed by atoms with Gasteiger partial charge < -0.3 is 0 Å². The summed E-state index contributed by atoms with van der Waals surface area (Å²) in [5, 5.41) is 0. The molecule has 0 bridgehead atoms. The fraction of sp³-hybridized carbons (Fsp3) is 0.200. The Balaban J connectivity index is 2.33. The third kappa shape index (κ3) is 5.14. The number of rotatable bonds is 4. The van der Waals surface area contributed by atoms with Crippen LogP contribution in [0.15, 0.2) is 36.0 Å². The zero-order valence-electron chi connectivity index (χ0n) is 7.29. The Morgan fingerprint density at radius 2 is 1.92 bits per heavy atom. The summed E-state index contributed by atoms with van der Waals surface area (Å²) in [6.45, 7) is 0. The summed E-state index contributed by atoms with van der Waals surface area (Å²) in [6, 6.07) is 11.2. The van der Waals surface area contributed by atoms with Crippen molar-refractivity contribution in [2.45, 2.75) is 10.9 Å². The summed E-state index contributed by atoms with van der Waals surface area (Å²) in [6.07, 6.45) is 2.14. The summed E-state index contributed by atoms with van der Waals surface area (Å²) in [7, 11) is -0.224. The molecule has 0 amide bonds. The molecule has 1 rings (SSSR count). The Hall–Kier alpha value is -0.243. The van der Waals surface area contributed by atoms with Crippen LogP contribution in [0, 0.1) is 0 Å². The predicted octanol–water partition coefficient (Wildman–Crippen LogP) is 3.05. The molecule has 0 aliphatic carbocycles. The Morgan fingerprint density at radius 1 is 1.23 bits per heavy atom. The van der Waals surface area contributed by atoms with Gasteiger partial charge in [0.1, 0.15) is 4.84 Å². The van der Waals surface area contributed by atoms with Gasteiger partial charge in [0.25, 0.3) is 0 Å². The molecule has 0 aliphatic rings. The molecule has 0 unspecified atom stereocenters. The minimum atomic E-state index is -0.224.